The lowest BCUT2D eigenvalue weighted by Gasteiger charge is -2.26. The van der Waals surface area contributed by atoms with E-state index in [4.69, 9.17) is 15.2 Å². The third-order valence-corrected chi connectivity index (χ3v) is 6.31. The first kappa shape index (κ1) is 30.3. The van der Waals surface area contributed by atoms with Crippen molar-refractivity contribution in [3.8, 4) is 0 Å². The Hall–Kier alpha value is -2.96. The molecule has 0 spiro atoms. The van der Waals surface area contributed by atoms with Crippen molar-refractivity contribution in [3.05, 3.63) is 81.8 Å². The summed E-state index contributed by atoms with van der Waals surface area (Å²) < 4.78 is 11.2. The van der Waals surface area contributed by atoms with Crippen LogP contribution >= 0.6 is 0 Å². The van der Waals surface area contributed by atoms with Gasteiger partial charge in [-0.15, -0.1) is 0 Å². The number of hydrogen-bond donors (Lipinski definition) is 2. The van der Waals surface area contributed by atoms with Gasteiger partial charge in [-0.1, -0.05) is 63.3 Å². The van der Waals surface area contributed by atoms with Crippen molar-refractivity contribution in [3.63, 3.8) is 0 Å². The molecule has 1 atom stereocenters. The van der Waals surface area contributed by atoms with Crippen LogP contribution < -0.4 is 11.1 Å². The van der Waals surface area contributed by atoms with Crippen LogP contribution in [-0.2, 0) is 19.1 Å². The topological polar surface area (TPSA) is 90.7 Å². The van der Waals surface area contributed by atoms with Gasteiger partial charge in [0, 0.05) is 30.7 Å². The number of carbonyl (C=O) groups excluding carboxylic acids is 2. The number of carbonyl (C=O) groups is 2. The minimum atomic E-state index is -0.379. The fourth-order valence-electron chi connectivity index (χ4n) is 4.45. The van der Waals surface area contributed by atoms with E-state index >= 15 is 0 Å². The predicted octanol–water partition coefficient (Wildman–Crippen LogP) is 5.76. The van der Waals surface area contributed by atoms with Crippen LogP contribution in [0.1, 0.15) is 66.7 Å². The molecule has 3 N–H and O–H groups in total. The minimum Gasteiger partial charge on any atom is -0.463 e. The molecule has 0 amide bonds. The molecular weight excluding hydrogens is 464 g/mol. The third kappa shape index (κ3) is 9.45. The van der Waals surface area contributed by atoms with Crippen LogP contribution in [0.4, 0.5) is 0 Å². The van der Waals surface area contributed by atoms with E-state index in [-0.39, 0.29) is 30.9 Å². The van der Waals surface area contributed by atoms with Gasteiger partial charge in [-0.05, 0) is 55.7 Å². The fraction of sp³-hybridized carbons (Fsp3) is 0.484. The molecule has 0 heterocycles. The second-order valence-electron chi connectivity index (χ2n) is 9.27. The lowest BCUT2D eigenvalue weighted by Crippen LogP contribution is -2.29. The molecular formula is C31H44N2O4. The molecule has 1 unspecified atom stereocenters. The Balaban J connectivity index is 0.00000235. The van der Waals surface area contributed by atoms with Crippen LogP contribution in [0, 0.1) is 5.92 Å². The highest BCUT2D eigenvalue weighted by Crippen LogP contribution is 2.29. The zero-order valence-corrected chi connectivity index (χ0v) is 23.2. The van der Waals surface area contributed by atoms with Gasteiger partial charge >= 0.3 is 5.97 Å². The Labute approximate surface area is 222 Å². The molecule has 0 radical (unpaired) electrons. The summed E-state index contributed by atoms with van der Waals surface area (Å²) >= 11 is 0. The van der Waals surface area contributed by atoms with E-state index in [1.807, 2.05) is 26.8 Å². The molecule has 6 heteroatoms. The number of hydrogen-bond acceptors (Lipinski definition) is 6. The highest BCUT2D eigenvalue weighted by atomic mass is 16.5. The lowest BCUT2D eigenvalue weighted by atomic mass is 9.87. The largest absolute Gasteiger partial charge is 0.463 e. The molecule has 0 aromatic rings. The summed E-state index contributed by atoms with van der Waals surface area (Å²) in [5.74, 6) is -0.00829. The second-order valence-corrected chi connectivity index (χ2v) is 9.27. The Morgan fingerprint density at radius 3 is 2.57 bits per heavy atom. The van der Waals surface area contributed by atoms with Crippen molar-refractivity contribution >= 4 is 11.8 Å². The molecule has 0 fully saturated rings. The third-order valence-electron chi connectivity index (χ3n) is 6.31. The number of Topliss-reactive ketones (excluding diaryl/α,β-unsaturated/α-hetero) is 1. The molecule has 6 nitrogen and oxygen atoms in total. The molecule has 3 aliphatic carbocycles. The number of fused-ring (bicyclic) bond motifs is 2. The highest BCUT2D eigenvalue weighted by Gasteiger charge is 2.25. The standard InChI is InChI=1S/C29H38N2O4.C2H6/c1-4-35-29(33)25(18-24-11-7-10-22-8-5-6-9-23(16-22)17-24)27(19-34-13-12-30)31-26-14-20(2)15-28(32)21(26)3;1-2/h5-6,8-11,17,20,31H,4,7,12-16,18-19,30H2,1-3H3;1-2H3/b22-10-,23-17-,24-11?,27-25+;. The number of ketones is 1. The van der Waals surface area contributed by atoms with E-state index in [1.54, 1.807) is 6.92 Å². The summed E-state index contributed by atoms with van der Waals surface area (Å²) in [4.78, 5) is 25.7. The van der Waals surface area contributed by atoms with Crippen molar-refractivity contribution in [1.82, 2.24) is 5.32 Å². The Kier molecular flexibility index (Phi) is 13.1. The van der Waals surface area contributed by atoms with Crippen molar-refractivity contribution in [2.75, 3.05) is 26.4 Å². The number of nitrogens with two attached hydrogens (primary N) is 1. The van der Waals surface area contributed by atoms with E-state index in [1.165, 1.54) is 11.1 Å². The van der Waals surface area contributed by atoms with Gasteiger partial charge in [-0.2, -0.15) is 0 Å². The van der Waals surface area contributed by atoms with Crippen molar-refractivity contribution in [2.45, 2.75) is 66.7 Å². The van der Waals surface area contributed by atoms with Gasteiger partial charge in [-0.3, -0.25) is 4.79 Å². The normalized spacial score (nSPS) is 22.6. The molecule has 37 heavy (non-hydrogen) atoms. The average Bonchev–Trinajstić information content (AvgIpc) is 3.11. The fourth-order valence-corrected chi connectivity index (χ4v) is 4.45. The number of rotatable bonds is 10. The monoisotopic (exact) mass is 508 g/mol. The summed E-state index contributed by atoms with van der Waals surface area (Å²) in [6.07, 6.45) is 18.2. The highest BCUT2D eigenvalue weighted by molar-refractivity contribution is 5.96. The van der Waals surface area contributed by atoms with Gasteiger partial charge in [0.15, 0.2) is 5.78 Å². The molecule has 3 rings (SSSR count). The maximum Gasteiger partial charge on any atom is 0.336 e. The van der Waals surface area contributed by atoms with E-state index in [9.17, 15) is 9.59 Å². The van der Waals surface area contributed by atoms with Crippen LogP contribution in [0.5, 0.6) is 0 Å². The molecule has 2 bridgehead atoms. The zero-order chi connectivity index (χ0) is 27.2. The quantitative estimate of drug-likeness (QED) is 0.222. The van der Waals surface area contributed by atoms with Crippen molar-refractivity contribution in [1.29, 1.82) is 0 Å². The Morgan fingerprint density at radius 2 is 1.86 bits per heavy atom. The summed E-state index contributed by atoms with van der Waals surface area (Å²) in [6.45, 7) is 10.9. The SMILES string of the molecule is CC.CCOC(=O)/C(CC1=CC/C=C2/C=CC=C/C(=C/1)C2)=C(\COCCN)NC1=C(C)C(=O)CC(C)C1. The Morgan fingerprint density at radius 1 is 1.14 bits per heavy atom. The molecule has 0 aliphatic heterocycles. The predicted molar refractivity (Wildman–Crippen MR) is 151 cm³/mol. The number of esters is 1. The number of ether oxygens (including phenoxy) is 2. The first-order chi connectivity index (χ1) is 17.9. The van der Waals surface area contributed by atoms with E-state index in [2.05, 4.69) is 48.7 Å². The van der Waals surface area contributed by atoms with Gasteiger partial charge in [0.05, 0.1) is 31.1 Å². The van der Waals surface area contributed by atoms with E-state index in [0.29, 0.717) is 42.8 Å². The first-order valence-corrected chi connectivity index (χ1v) is 13.5. The smallest absolute Gasteiger partial charge is 0.336 e. The van der Waals surface area contributed by atoms with Crippen LogP contribution in [-0.4, -0.2) is 38.1 Å². The van der Waals surface area contributed by atoms with E-state index < -0.39 is 0 Å². The molecule has 0 saturated heterocycles. The van der Waals surface area contributed by atoms with Gasteiger partial charge in [-0.25, -0.2) is 4.79 Å². The van der Waals surface area contributed by atoms with Crippen LogP contribution in [0.25, 0.3) is 0 Å². The van der Waals surface area contributed by atoms with Crippen molar-refractivity contribution < 1.29 is 19.1 Å². The molecule has 3 aliphatic rings. The van der Waals surface area contributed by atoms with Crippen LogP contribution in [0.15, 0.2) is 81.8 Å². The minimum absolute atomic E-state index is 0.134. The van der Waals surface area contributed by atoms with E-state index in [0.717, 1.165) is 30.5 Å². The summed E-state index contributed by atoms with van der Waals surface area (Å²) in [5, 5.41) is 3.42. The van der Waals surface area contributed by atoms with Crippen LogP contribution in [0.2, 0.25) is 0 Å². The maximum atomic E-state index is 13.2. The molecule has 0 aromatic carbocycles. The zero-order valence-electron chi connectivity index (χ0n) is 23.2. The van der Waals surface area contributed by atoms with Crippen LogP contribution in [0.3, 0.4) is 0 Å². The second kappa shape index (κ2) is 16.0. The summed E-state index contributed by atoms with van der Waals surface area (Å²) in [7, 11) is 0. The van der Waals surface area contributed by atoms with Crippen molar-refractivity contribution in [2.24, 2.45) is 11.7 Å². The van der Waals surface area contributed by atoms with Gasteiger partial charge in [0.2, 0.25) is 0 Å². The number of allylic oxidation sites excluding steroid dienone is 12. The van der Waals surface area contributed by atoms with Gasteiger partial charge < -0.3 is 20.5 Å². The van der Waals surface area contributed by atoms with Gasteiger partial charge in [0.25, 0.3) is 0 Å². The number of nitrogens with one attached hydrogen (secondary N) is 1. The maximum absolute atomic E-state index is 13.2. The Bertz CT molecular complexity index is 1040. The molecule has 0 saturated carbocycles. The van der Waals surface area contributed by atoms with Gasteiger partial charge in [0.1, 0.15) is 0 Å². The summed E-state index contributed by atoms with van der Waals surface area (Å²) in [5.41, 5.74) is 11.9. The molecule has 0 aromatic heterocycles. The summed E-state index contributed by atoms with van der Waals surface area (Å²) in [6, 6.07) is 0. The molecule has 202 valence electrons. The first-order valence-electron chi connectivity index (χ1n) is 13.5. The lowest BCUT2D eigenvalue weighted by molar-refractivity contribution is -0.138. The average molecular weight is 509 g/mol.